The fourth-order valence-electron chi connectivity index (χ4n) is 1.78. The smallest absolute Gasteiger partial charge is 0.252 e. The molecule has 0 fully saturated rings. The van der Waals surface area contributed by atoms with Crippen molar-refractivity contribution in [3.8, 4) is 0 Å². The Labute approximate surface area is 136 Å². The van der Waals surface area contributed by atoms with Gasteiger partial charge >= 0.3 is 0 Å². The van der Waals surface area contributed by atoms with Gasteiger partial charge in [-0.15, -0.1) is 0 Å². The van der Waals surface area contributed by atoms with E-state index in [-0.39, 0.29) is 26.6 Å². The van der Waals surface area contributed by atoms with Crippen LogP contribution in [0, 0.1) is 0 Å². The predicted molar refractivity (Wildman–Crippen MR) is 82.9 cm³/mol. The molecular formula is C14H9Cl2NO4S. The van der Waals surface area contributed by atoms with Crippen molar-refractivity contribution in [1.29, 1.82) is 0 Å². The molecule has 0 saturated carbocycles. The number of ketones is 1. The Morgan fingerprint density at radius 3 is 1.91 bits per heavy atom. The molecule has 0 spiro atoms. The third-order valence-corrected chi connectivity index (χ3v) is 4.48. The molecular weight excluding hydrogens is 349 g/mol. The van der Waals surface area contributed by atoms with E-state index in [4.69, 9.17) is 28.3 Å². The van der Waals surface area contributed by atoms with Crippen molar-refractivity contribution >= 4 is 44.3 Å². The monoisotopic (exact) mass is 357 g/mol. The first-order valence-electron chi connectivity index (χ1n) is 5.87. The van der Waals surface area contributed by atoms with E-state index in [0.29, 0.717) is 0 Å². The SMILES string of the molecule is NS(=O)(=O)c1cc(C(=O)c2ccc(C(=O)Cl)cc2)ccc1Cl. The van der Waals surface area contributed by atoms with E-state index in [9.17, 15) is 18.0 Å². The number of carbonyl (C=O) groups excluding carboxylic acids is 2. The molecule has 2 rings (SSSR count). The van der Waals surface area contributed by atoms with Crippen molar-refractivity contribution in [3.05, 3.63) is 64.2 Å². The van der Waals surface area contributed by atoms with Crippen molar-refractivity contribution in [2.45, 2.75) is 4.90 Å². The molecule has 114 valence electrons. The van der Waals surface area contributed by atoms with E-state index in [1.54, 1.807) is 0 Å². The second-order valence-corrected chi connectivity index (χ2v) is 6.65. The van der Waals surface area contributed by atoms with Gasteiger partial charge in [0.1, 0.15) is 4.90 Å². The molecule has 0 aliphatic heterocycles. The molecule has 5 nitrogen and oxygen atoms in total. The lowest BCUT2D eigenvalue weighted by molar-refractivity contribution is 0.103. The van der Waals surface area contributed by atoms with Gasteiger partial charge in [-0.2, -0.15) is 0 Å². The third-order valence-electron chi connectivity index (χ3n) is 2.87. The molecule has 0 amide bonds. The average molecular weight is 358 g/mol. The van der Waals surface area contributed by atoms with Gasteiger partial charge in [0.25, 0.3) is 5.24 Å². The summed E-state index contributed by atoms with van der Waals surface area (Å²) in [6, 6.07) is 9.43. The van der Waals surface area contributed by atoms with Crippen LogP contribution >= 0.6 is 23.2 Å². The lowest BCUT2D eigenvalue weighted by atomic mass is 10.0. The largest absolute Gasteiger partial charge is 0.289 e. The van der Waals surface area contributed by atoms with Crippen LogP contribution in [0.3, 0.4) is 0 Å². The van der Waals surface area contributed by atoms with E-state index in [1.165, 1.54) is 36.4 Å². The summed E-state index contributed by atoms with van der Waals surface area (Å²) in [7, 11) is -4.04. The molecule has 22 heavy (non-hydrogen) atoms. The Bertz CT molecular complexity index is 861. The molecule has 2 aromatic carbocycles. The van der Waals surface area contributed by atoms with E-state index >= 15 is 0 Å². The van der Waals surface area contributed by atoms with Crippen molar-refractivity contribution in [1.82, 2.24) is 0 Å². The van der Waals surface area contributed by atoms with Crippen molar-refractivity contribution in [3.63, 3.8) is 0 Å². The number of primary sulfonamides is 1. The van der Waals surface area contributed by atoms with Gasteiger partial charge in [-0.1, -0.05) is 23.7 Å². The Kier molecular flexibility index (Phi) is 4.67. The number of halogens is 2. The number of rotatable bonds is 4. The predicted octanol–water partition coefficient (Wildman–Crippen LogP) is 2.60. The van der Waals surface area contributed by atoms with Gasteiger partial charge < -0.3 is 0 Å². The zero-order chi connectivity index (χ0) is 16.5. The molecule has 0 aliphatic rings. The normalized spacial score (nSPS) is 11.2. The number of sulfonamides is 1. The molecule has 8 heteroatoms. The number of carbonyl (C=O) groups is 2. The van der Waals surface area contributed by atoms with Crippen LogP contribution in [-0.4, -0.2) is 19.4 Å². The molecule has 2 N–H and O–H groups in total. The maximum Gasteiger partial charge on any atom is 0.252 e. The Hall–Kier alpha value is -1.73. The van der Waals surface area contributed by atoms with Crippen LogP contribution in [0.2, 0.25) is 5.02 Å². The summed E-state index contributed by atoms with van der Waals surface area (Å²) in [6.45, 7) is 0. The van der Waals surface area contributed by atoms with Crippen LogP contribution in [0.25, 0.3) is 0 Å². The Morgan fingerprint density at radius 1 is 0.909 bits per heavy atom. The fraction of sp³-hybridized carbons (Fsp3) is 0. The minimum atomic E-state index is -4.04. The minimum Gasteiger partial charge on any atom is -0.289 e. The number of nitrogens with two attached hydrogens (primary N) is 1. The van der Waals surface area contributed by atoms with Gasteiger partial charge in [0, 0.05) is 16.7 Å². The summed E-state index contributed by atoms with van der Waals surface area (Å²) in [5, 5.41) is 4.34. The van der Waals surface area contributed by atoms with Gasteiger partial charge in [-0.25, -0.2) is 13.6 Å². The average Bonchev–Trinajstić information content (AvgIpc) is 2.46. The van der Waals surface area contributed by atoms with Crippen LogP contribution in [0.5, 0.6) is 0 Å². The maximum atomic E-state index is 12.3. The second kappa shape index (κ2) is 6.18. The van der Waals surface area contributed by atoms with Gasteiger partial charge in [-0.05, 0) is 41.9 Å². The topological polar surface area (TPSA) is 94.3 Å². The van der Waals surface area contributed by atoms with E-state index in [2.05, 4.69) is 0 Å². The Morgan fingerprint density at radius 2 is 1.41 bits per heavy atom. The number of hydrogen-bond acceptors (Lipinski definition) is 4. The maximum absolute atomic E-state index is 12.3. The highest BCUT2D eigenvalue weighted by Crippen LogP contribution is 2.23. The summed E-state index contributed by atoms with van der Waals surface area (Å²) >= 11 is 11.1. The van der Waals surface area contributed by atoms with Crippen LogP contribution in [-0.2, 0) is 10.0 Å². The molecule has 2 aromatic rings. The highest BCUT2D eigenvalue weighted by atomic mass is 35.5. The zero-order valence-corrected chi connectivity index (χ0v) is 13.2. The van der Waals surface area contributed by atoms with E-state index < -0.39 is 21.0 Å². The third kappa shape index (κ3) is 3.53. The first-order valence-corrected chi connectivity index (χ1v) is 8.17. The van der Waals surface area contributed by atoms with Crippen LogP contribution in [0.4, 0.5) is 0 Å². The molecule has 0 atom stereocenters. The summed E-state index contributed by atoms with van der Waals surface area (Å²) in [5.41, 5.74) is 0.627. The van der Waals surface area contributed by atoms with Crippen molar-refractivity contribution < 1.29 is 18.0 Å². The molecule has 0 bridgehead atoms. The standard InChI is InChI=1S/C14H9Cl2NO4S/c15-11-6-5-10(7-12(11)22(17,20)21)13(18)8-1-3-9(4-2-8)14(16)19/h1-7H,(H2,17,20,21). The van der Waals surface area contributed by atoms with Crippen LogP contribution in [0.15, 0.2) is 47.4 Å². The first kappa shape index (κ1) is 16.6. The van der Waals surface area contributed by atoms with Crippen molar-refractivity contribution in [2.24, 2.45) is 5.14 Å². The highest BCUT2D eigenvalue weighted by molar-refractivity contribution is 7.89. The minimum absolute atomic E-state index is 0.0675. The summed E-state index contributed by atoms with van der Waals surface area (Å²) in [5.74, 6) is -0.435. The second-order valence-electron chi connectivity index (χ2n) is 4.37. The van der Waals surface area contributed by atoms with Crippen molar-refractivity contribution in [2.75, 3.05) is 0 Å². The highest BCUT2D eigenvalue weighted by Gasteiger charge is 2.17. The van der Waals surface area contributed by atoms with E-state index in [1.807, 2.05) is 0 Å². The Balaban J connectivity index is 2.44. The number of hydrogen-bond donors (Lipinski definition) is 1. The van der Waals surface area contributed by atoms with Gasteiger partial charge in [-0.3, -0.25) is 9.59 Å². The van der Waals surface area contributed by atoms with Gasteiger partial charge in [0.05, 0.1) is 5.02 Å². The van der Waals surface area contributed by atoms with E-state index in [0.717, 1.165) is 6.07 Å². The van der Waals surface area contributed by atoms with Crippen LogP contribution < -0.4 is 5.14 Å². The molecule has 0 heterocycles. The summed E-state index contributed by atoms with van der Waals surface area (Å²) < 4.78 is 22.8. The quantitative estimate of drug-likeness (QED) is 0.671. The first-order chi connectivity index (χ1) is 10.2. The van der Waals surface area contributed by atoms with Gasteiger partial charge in [0.15, 0.2) is 5.78 Å². The molecule has 0 aliphatic carbocycles. The lowest BCUT2D eigenvalue weighted by Crippen LogP contribution is -2.14. The zero-order valence-electron chi connectivity index (χ0n) is 10.9. The summed E-state index contributed by atoms with van der Waals surface area (Å²) in [4.78, 5) is 23.0. The molecule has 0 unspecified atom stereocenters. The molecule has 0 aromatic heterocycles. The summed E-state index contributed by atoms with van der Waals surface area (Å²) in [6.07, 6.45) is 0. The molecule has 0 saturated heterocycles. The number of benzene rings is 2. The fourth-order valence-corrected chi connectivity index (χ4v) is 2.98. The van der Waals surface area contributed by atoms with Crippen LogP contribution in [0.1, 0.15) is 26.3 Å². The lowest BCUT2D eigenvalue weighted by Gasteiger charge is -2.06. The van der Waals surface area contributed by atoms with Gasteiger partial charge in [0.2, 0.25) is 10.0 Å². The molecule has 0 radical (unpaired) electrons.